The number of hydrogen-bond donors (Lipinski definition) is 0. The Morgan fingerprint density at radius 1 is 1.14 bits per heavy atom. The quantitative estimate of drug-likeness (QED) is 0.681. The topological polar surface area (TPSA) is 38.1 Å². The fourth-order valence-corrected chi connectivity index (χ4v) is 3.85. The third-order valence-electron chi connectivity index (χ3n) is 5.43. The minimum Gasteiger partial charge on any atom is -0.342 e. The van der Waals surface area contributed by atoms with E-state index in [9.17, 15) is 9.18 Å². The van der Waals surface area contributed by atoms with E-state index in [1.165, 1.54) is 23.3 Å². The predicted octanol–water partition coefficient (Wildman–Crippen LogP) is 4.27. The number of likely N-dealkylation sites (tertiary alicyclic amines) is 1. The van der Waals surface area contributed by atoms with Crippen molar-refractivity contribution in [3.8, 4) is 5.69 Å². The number of carbonyl (C=O) groups is 1. The summed E-state index contributed by atoms with van der Waals surface area (Å²) in [6.07, 6.45) is 6.15. The number of nitrogens with zero attached hydrogens (tertiary/aromatic N) is 3. The molecule has 0 bridgehead atoms. The van der Waals surface area contributed by atoms with E-state index in [0.29, 0.717) is 5.92 Å². The molecule has 1 aromatic heterocycles. The van der Waals surface area contributed by atoms with E-state index in [4.69, 9.17) is 0 Å². The lowest BCUT2D eigenvalue weighted by molar-refractivity contribution is -0.131. The van der Waals surface area contributed by atoms with Gasteiger partial charge in [0.05, 0.1) is 18.3 Å². The Balaban J connectivity index is 1.36. The zero-order valence-corrected chi connectivity index (χ0v) is 16.0. The molecule has 0 saturated carbocycles. The largest absolute Gasteiger partial charge is 0.342 e. The van der Waals surface area contributed by atoms with E-state index < -0.39 is 0 Å². The van der Waals surface area contributed by atoms with E-state index in [-0.39, 0.29) is 18.1 Å². The summed E-state index contributed by atoms with van der Waals surface area (Å²) in [5.41, 5.74) is 4.22. The average Bonchev–Trinajstić information content (AvgIpc) is 3.18. The van der Waals surface area contributed by atoms with Gasteiger partial charge >= 0.3 is 0 Å². The van der Waals surface area contributed by atoms with Gasteiger partial charge in [-0.05, 0) is 66.6 Å². The summed E-state index contributed by atoms with van der Waals surface area (Å²) in [6.45, 7) is 3.54. The number of hydrogen-bond acceptors (Lipinski definition) is 2. The van der Waals surface area contributed by atoms with E-state index in [1.54, 1.807) is 12.1 Å². The molecule has 0 radical (unpaired) electrons. The molecule has 144 valence electrons. The van der Waals surface area contributed by atoms with Gasteiger partial charge in [-0.15, -0.1) is 0 Å². The molecule has 28 heavy (non-hydrogen) atoms. The Morgan fingerprint density at radius 2 is 1.93 bits per heavy atom. The molecule has 1 aliphatic rings. The lowest BCUT2D eigenvalue weighted by Crippen LogP contribution is -2.38. The van der Waals surface area contributed by atoms with Gasteiger partial charge in [0.1, 0.15) is 5.82 Å². The fourth-order valence-electron chi connectivity index (χ4n) is 3.85. The van der Waals surface area contributed by atoms with Gasteiger partial charge in [0.15, 0.2) is 0 Å². The number of halogens is 1. The molecule has 0 atom stereocenters. The molecule has 0 spiro atoms. The highest BCUT2D eigenvalue weighted by Crippen LogP contribution is 2.28. The molecule has 4 nitrogen and oxygen atoms in total. The number of carbonyl (C=O) groups excluding carboxylic acids is 1. The molecule has 5 heteroatoms. The molecule has 1 saturated heterocycles. The Kier molecular flexibility index (Phi) is 5.24. The molecule has 1 amide bonds. The van der Waals surface area contributed by atoms with Crippen LogP contribution in [0.15, 0.2) is 60.9 Å². The van der Waals surface area contributed by atoms with Crippen molar-refractivity contribution in [1.82, 2.24) is 14.7 Å². The van der Waals surface area contributed by atoms with Crippen molar-refractivity contribution in [2.45, 2.75) is 32.1 Å². The highest BCUT2D eigenvalue weighted by atomic mass is 19.1. The van der Waals surface area contributed by atoms with E-state index in [2.05, 4.69) is 36.4 Å². The van der Waals surface area contributed by atoms with Crippen molar-refractivity contribution >= 4 is 5.91 Å². The van der Waals surface area contributed by atoms with E-state index in [0.717, 1.165) is 37.2 Å². The van der Waals surface area contributed by atoms with Crippen LogP contribution < -0.4 is 0 Å². The summed E-state index contributed by atoms with van der Waals surface area (Å²) in [7, 11) is 0. The second-order valence-corrected chi connectivity index (χ2v) is 7.52. The third kappa shape index (κ3) is 4.14. The Labute approximate surface area is 164 Å². The molecular weight excluding hydrogens is 353 g/mol. The van der Waals surface area contributed by atoms with E-state index >= 15 is 0 Å². The summed E-state index contributed by atoms with van der Waals surface area (Å²) in [4.78, 5) is 14.4. The van der Waals surface area contributed by atoms with Gasteiger partial charge in [-0.25, -0.2) is 9.07 Å². The second-order valence-electron chi connectivity index (χ2n) is 7.52. The van der Waals surface area contributed by atoms with Crippen LogP contribution in [-0.2, 0) is 11.2 Å². The minimum absolute atomic E-state index is 0.0690. The maximum Gasteiger partial charge on any atom is 0.226 e. The molecule has 0 aliphatic carbocycles. The molecule has 1 aliphatic heterocycles. The number of aryl methyl sites for hydroxylation is 1. The average molecular weight is 377 g/mol. The smallest absolute Gasteiger partial charge is 0.226 e. The summed E-state index contributed by atoms with van der Waals surface area (Å²) in [6, 6.07) is 14.6. The minimum atomic E-state index is -0.297. The first-order chi connectivity index (χ1) is 13.6. The van der Waals surface area contributed by atoms with Crippen molar-refractivity contribution in [2.75, 3.05) is 13.1 Å². The second kappa shape index (κ2) is 7.97. The number of rotatable bonds is 4. The Bertz CT molecular complexity index is 973. The molecule has 0 N–H and O–H groups in total. The molecule has 2 heterocycles. The molecule has 4 rings (SSSR count). The van der Waals surface area contributed by atoms with Crippen LogP contribution in [0.4, 0.5) is 4.39 Å². The van der Waals surface area contributed by atoms with Gasteiger partial charge in [0, 0.05) is 19.3 Å². The number of amides is 1. The Hall–Kier alpha value is -2.95. The van der Waals surface area contributed by atoms with Crippen LogP contribution in [0.25, 0.3) is 5.69 Å². The zero-order valence-electron chi connectivity index (χ0n) is 16.0. The first-order valence-corrected chi connectivity index (χ1v) is 9.72. The SMILES string of the molecule is Cc1cccc(-n2cc(C3CCN(C(=O)Cc4cccc(F)c4)CC3)cn2)c1. The van der Waals surface area contributed by atoms with Crippen LogP contribution in [0.3, 0.4) is 0 Å². The normalized spacial score (nSPS) is 15.0. The predicted molar refractivity (Wildman–Crippen MR) is 107 cm³/mol. The molecule has 3 aromatic rings. The van der Waals surface area contributed by atoms with Crippen molar-refractivity contribution in [3.63, 3.8) is 0 Å². The van der Waals surface area contributed by atoms with Crippen molar-refractivity contribution in [2.24, 2.45) is 0 Å². The lowest BCUT2D eigenvalue weighted by Gasteiger charge is -2.31. The van der Waals surface area contributed by atoms with Gasteiger partial charge < -0.3 is 4.90 Å². The third-order valence-corrected chi connectivity index (χ3v) is 5.43. The first kappa shape index (κ1) is 18.4. The molecule has 2 aromatic carbocycles. The summed E-state index contributed by atoms with van der Waals surface area (Å²) >= 11 is 0. The summed E-state index contributed by atoms with van der Waals surface area (Å²) in [5.74, 6) is 0.186. The van der Waals surface area contributed by atoms with Crippen LogP contribution in [0.2, 0.25) is 0 Å². The van der Waals surface area contributed by atoms with Crippen LogP contribution >= 0.6 is 0 Å². The van der Waals surface area contributed by atoms with Gasteiger partial charge in [-0.1, -0.05) is 24.3 Å². The number of aromatic nitrogens is 2. The van der Waals surface area contributed by atoms with Gasteiger partial charge in [0.2, 0.25) is 5.91 Å². The van der Waals surface area contributed by atoms with Crippen LogP contribution in [-0.4, -0.2) is 33.7 Å². The maximum absolute atomic E-state index is 13.3. The van der Waals surface area contributed by atoms with Crippen LogP contribution in [0.1, 0.15) is 35.4 Å². The fraction of sp³-hybridized carbons (Fsp3) is 0.304. The van der Waals surface area contributed by atoms with Gasteiger partial charge in [-0.2, -0.15) is 5.10 Å². The summed E-state index contributed by atoms with van der Waals surface area (Å²) in [5, 5.41) is 4.52. The number of benzene rings is 2. The zero-order chi connectivity index (χ0) is 19.5. The lowest BCUT2D eigenvalue weighted by atomic mass is 9.91. The van der Waals surface area contributed by atoms with E-state index in [1.807, 2.05) is 21.8 Å². The van der Waals surface area contributed by atoms with Gasteiger partial charge in [0.25, 0.3) is 0 Å². The van der Waals surface area contributed by atoms with Crippen LogP contribution in [0, 0.1) is 12.7 Å². The molecular formula is C23H24FN3O. The van der Waals surface area contributed by atoms with Crippen molar-refractivity contribution in [3.05, 3.63) is 83.4 Å². The maximum atomic E-state index is 13.3. The molecule has 0 unspecified atom stereocenters. The number of piperidine rings is 1. The summed E-state index contributed by atoms with van der Waals surface area (Å²) < 4.78 is 15.2. The molecule has 1 fully saturated rings. The van der Waals surface area contributed by atoms with Crippen LogP contribution in [0.5, 0.6) is 0 Å². The highest BCUT2D eigenvalue weighted by molar-refractivity contribution is 5.78. The highest BCUT2D eigenvalue weighted by Gasteiger charge is 2.24. The van der Waals surface area contributed by atoms with Gasteiger partial charge in [-0.3, -0.25) is 4.79 Å². The first-order valence-electron chi connectivity index (χ1n) is 9.72. The Morgan fingerprint density at radius 3 is 2.68 bits per heavy atom. The van der Waals surface area contributed by atoms with Crippen molar-refractivity contribution < 1.29 is 9.18 Å². The standard InChI is InChI=1S/C23H24FN3O/c1-17-4-2-7-22(12-17)27-16-20(15-25-27)19-8-10-26(11-9-19)23(28)14-18-5-3-6-21(24)13-18/h2-7,12-13,15-16,19H,8-11,14H2,1H3. The monoisotopic (exact) mass is 377 g/mol. The van der Waals surface area contributed by atoms with Crippen molar-refractivity contribution in [1.29, 1.82) is 0 Å².